The van der Waals surface area contributed by atoms with Crippen molar-refractivity contribution in [1.82, 2.24) is 14.9 Å². The zero-order chi connectivity index (χ0) is 27.6. The SMILES string of the molecule is C=C1N(c2cnc(C#N)c(C(F)(F)F)c2)C(=O)C2(CCC2)N1c1ccc(OC2CCN(C)C3(CCC3)C2)nc1. The van der Waals surface area contributed by atoms with Crippen molar-refractivity contribution in [2.75, 3.05) is 23.4 Å². The maximum absolute atomic E-state index is 13.7. The third kappa shape index (κ3) is 3.95. The van der Waals surface area contributed by atoms with Gasteiger partial charge in [0.1, 0.15) is 23.5 Å². The minimum Gasteiger partial charge on any atom is -0.474 e. The first-order valence-corrected chi connectivity index (χ1v) is 13.2. The van der Waals surface area contributed by atoms with Crippen LogP contribution >= 0.6 is 0 Å². The summed E-state index contributed by atoms with van der Waals surface area (Å²) in [6, 6.07) is 5.85. The Hall–Kier alpha value is -3.65. The lowest BCUT2D eigenvalue weighted by molar-refractivity contribution is -0.138. The van der Waals surface area contributed by atoms with Crippen molar-refractivity contribution in [3.63, 3.8) is 0 Å². The van der Waals surface area contributed by atoms with Crippen LogP contribution in [0, 0.1) is 11.3 Å². The third-order valence-corrected chi connectivity index (χ3v) is 9.02. The van der Waals surface area contributed by atoms with Crippen molar-refractivity contribution in [2.45, 2.75) is 74.7 Å². The fourth-order valence-corrected chi connectivity index (χ4v) is 6.53. The molecule has 0 bridgehead atoms. The van der Waals surface area contributed by atoms with E-state index in [1.807, 2.05) is 6.07 Å². The van der Waals surface area contributed by atoms with E-state index in [2.05, 4.69) is 28.5 Å². The molecule has 2 aliphatic carbocycles. The van der Waals surface area contributed by atoms with E-state index >= 15 is 0 Å². The molecule has 6 rings (SSSR count). The molecule has 2 aromatic heterocycles. The summed E-state index contributed by atoms with van der Waals surface area (Å²) in [5, 5.41) is 9.10. The number of nitrogens with zero attached hydrogens (tertiary/aromatic N) is 6. The Labute approximate surface area is 224 Å². The van der Waals surface area contributed by atoms with Crippen molar-refractivity contribution in [2.24, 2.45) is 0 Å². The summed E-state index contributed by atoms with van der Waals surface area (Å²) >= 11 is 0. The second kappa shape index (κ2) is 8.95. The van der Waals surface area contributed by atoms with Gasteiger partial charge in [0.2, 0.25) is 5.88 Å². The normalized spacial score (nSPS) is 24.0. The largest absolute Gasteiger partial charge is 0.474 e. The molecule has 4 aliphatic rings. The van der Waals surface area contributed by atoms with E-state index in [0.717, 1.165) is 38.1 Å². The summed E-state index contributed by atoms with van der Waals surface area (Å²) in [4.78, 5) is 27.3. The molecular formula is C28H29F3N6O2. The number of likely N-dealkylation sites (tertiary alicyclic amines) is 1. The first kappa shape index (κ1) is 25.6. The second-order valence-electron chi connectivity index (χ2n) is 11.1. The van der Waals surface area contributed by atoms with Gasteiger partial charge < -0.3 is 14.5 Å². The maximum Gasteiger partial charge on any atom is 0.419 e. The third-order valence-electron chi connectivity index (χ3n) is 9.02. The summed E-state index contributed by atoms with van der Waals surface area (Å²) in [5.74, 6) is 0.359. The average molecular weight is 539 g/mol. The molecule has 1 unspecified atom stereocenters. The predicted octanol–water partition coefficient (Wildman–Crippen LogP) is 5.01. The van der Waals surface area contributed by atoms with Gasteiger partial charge in [-0.3, -0.25) is 9.69 Å². The Morgan fingerprint density at radius 1 is 1.13 bits per heavy atom. The molecule has 2 saturated heterocycles. The highest BCUT2D eigenvalue weighted by Crippen LogP contribution is 2.51. The molecule has 2 aliphatic heterocycles. The number of hydrogen-bond donors (Lipinski definition) is 0. The van der Waals surface area contributed by atoms with Crippen LogP contribution in [-0.2, 0) is 11.0 Å². The molecule has 4 heterocycles. The van der Waals surface area contributed by atoms with Crippen molar-refractivity contribution in [3.05, 3.63) is 54.3 Å². The number of hydrogen-bond acceptors (Lipinski definition) is 7. The zero-order valence-electron chi connectivity index (χ0n) is 21.7. The van der Waals surface area contributed by atoms with Crippen LogP contribution in [0.1, 0.15) is 62.6 Å². The van der Waals surface area contributed by atoms with Crippen LogP contribution in [0.15, 0.2) is 43.0 Å². The number of aromatic nitrogens is 2. The Kier molecular flexibility index (Phi) is 5.88. The van der Waals surface area contributed by atoms with E-state index in [4.69, 9.17) is 10.00 Å². The second-order valence-corrected chi connectivity index (χ2v) is 11.1. The lowest BCUT2D eigenvalue weighted by atomic mass is 9.69. The van der Waals surface area contributed by atoms with Gasteiger partial charge in [-0.15, -0.1) is 0 Å². The van der Waals surface area contributed by atoms with Gasteiger partial charge in [0.05, 0.1) is 29.3 Å². The molecule has 8 nitrogen and oxygen atoms in total. The number of rotatable bonds is 4. The molecule has 1 atom stereocenters. The summed E-state index contributed by atoms with van der Waals surface area (Å²) in [6.07, 6.45) is 5.43. The number of amides is 1. The first-order chi connectivity index (χ1) is 18.6. The smallest absolute Gasteiger partial charge is 0.419 e. The Morgan fingerprint density at radius 2 is 1.85 bits per heavy atom. The number of halogens is 3. The summed E-state index contributed by atoms with van der Waals surface area (Å²) in [6.45, 7) is 5.06. The molecule has 1 amide bonds. The highest BCUT2D eigenvalue weighted by Gasteiger charge is 2.59. The van der Waals surface area contributed by atoms with Crippen LogP contribution < -0.4 is 14.5 Å². The number of carbonyl (C=O) groups is 1. The number of pyridine rings is 2. The molecule has 4 fully saturated rings. The number of nitriles is 1. The lowest BCUT2D eigenvalue weighted by Crippen LogP contribution is -2.58. The number of carbonyl (C=O) groups excluding carboxylic acids is 1. The fourth-order valence-electron chi connectivity index (χ4n) is 6.53. The molecule has 11 heteroatoms. The number of ether oxygens (including phenoxy) is 1. The van der Waals surface area contributed by atoms with Gasteiger partial charge in [-0.1, -0.05) is 6.58 Å². The summed E-state index contributed by atoms with van der Waals surface area (Å²) in [7, 11) is 2.18. The average Bonchev–Trinajstić information content (AvgIpc) is 3.10. The van der Waals surface area contributed by atoms with Crippen molar-refractivity contribution >= 4 is 17.3 Å². The highest BCUT2D eigenvalue weighted by molar-refractivity contribution is 6.10. The van der Waals surface area contributed by atoms with E-state index in [-0.39, 0.29) is 29.1 Å². The molecule has 204 valence electrons. The predicted molar refractivity (Wildman–Crippen MR) is 137 cm³/mol. The number of alkyl halides is 3. The van der Waals surface area contributed by atoms with Crippen molar-refractivity contribution < 1.29 is 22.7 Å². The topological polar surface area (TPSA) is 85.6 Å². The van der Waals surface area contributed by atoms with E-state index in [0.29, 0.717) is 24.4 Å². The molecule has 0 aromatic carbocycles. The monoisotopic (exact) mass is 538 g/mol. The van der Waals surface area contributed by atoms with Crippen LogP contribution in [0.3, 0.4) is 0 Å². The van der Waals surface area contributed by atoms with Gasteiger partial charge in [-0.25, -0.2) is 9.97 Å². The van der Waals surface area contributed by atoms with Crippen LogP contribution in [0.4, 0.5) is 24.5 Å². The van der Waals surface area contributed by atoms with E-state index < -0.39 is 23.0 Å². The van der Waals surface area contributed by atoms with Crippen LogP contribution in [0.2, 0.25) is 0 Å². The summed E-state index contributed by atoms with van der Waals surface area (Å²) in [5.41, 5.74) is -2.11. The molecule has 0 N–H and O–H groups in total. The lowest BCUT2D eigenvalue weighted by Gasteiger charge is -2.53. The van der Waals surface area contributed by atoms with Gasteiger partial charge in [0, 0.05) is 24.6 Å². The molecule has 2 spiro atoms. The van der Waals surface area contributed by atoms with Gasteiger partial charge >= 0.3 is 6.18 Å². The van der Waals surface area contributed by atoms with E-state index in [1.54, 1.807) is 17.2 Å². The number of anilines is 2. The quantitative estimate of drug-likeness (QED) is 0.541. The highest BCUT2D eigenvalue weighted by atomic mass is 19.4. The Bertz CT molecular complexity index is 1360. The van der Waals surface area contributed by atoms with Gasteiger partial charge in [-0.05, 0) is 64.1 Å². The minimum absolute atomic E-state index is 0.0785. The molecule has 0 radical (unpaired) electrons. The van der Waals surface area contributed by atoms with Crippen molar-refractivity contribution in [1.29, 1.82) is 5.26 Å². The Balaban J connectivity index is 1.26. The molecule has 39 heavy (non-hydrogen) atoms. The maximum atomic E-state index is 13.7. The van der Waals surface area contributed by atoms with Gasteiger partial charge in [0.25, 0.3) is 5.91 Å². The van der Waals surface area contributed by atoms with Crippen LogP contribution in [0.25, 0.3) is 0 Å². The minimum atomic E-state index is -4.79. The molecular weight excluding hydrogens is 509 g/mol. The standard InChI is InChI=1S/C28H29F3N6O2/c1-18-36(20-13-22(28(29,30)31)23(15-32)33-17-20)25(38)27(10-4-11-27)37(18)19-5-6-24(34-16-19)39-21-7-12-35(2)26(14-21)8-3-9-26/h5-6,13,16-17,21H,1,3-4,7-12,14H2,2H3. The summed E-state index contributed by atoms with van der Waals surface area (Å²) < 4.78 is 47.1. The fraction of sp³-hybridized carbons (Fsp3) is 0.500. The molecule has 2 aromatic rings. The first-order valence-electron chi connectivity index (χ1n) is 13.2. The Morgan fingerprint density at radius 3 is 2.41 bits per heavy atom. The van der Waals surface area contributed by atoms with E-state index in [1.165, 1.54) is 30.2 Å². The van der Waals surface area contributed by atoms with Crippen LogP contribution in [0.5, 0.6) is 5.88 Å². The van der Waals surface area contributed by atoms with Gasteiger partial charge in [-0.2, -0.15) is 18.4 Å². The molecule has 2 saturated carbocycles. The van der Waals surface area contributed by atoms with Gasteiger partial charge in [0.15, 0.2) is 5.69 Å². The van der Waals surface area contributed by atoms with E-state index in [9.17, 15) is 18.0 Å². The number of piperidine rings is 1. The van der Waals surface area contributed by atoms with Crippen LogP contribution in [-0.4, -0.2) is 51.5 Å². The van der Waals surface area contributed by atoms with Crippen molar-refractivity contribution in [3.8, 4) is 11.9 Å². The zero-order valence-corrected chi connectivity index (χ0v) is 21.7.